The van der Waals surface area contributed by atoms with Gasteiger partial charge >= 0.3 is 0 Å². The van der Waals surface area contributed by atoms with Crippen molar-refractivity contribution in [3.05, 3.63) is 98.1 Å². The minimum Gasteiger partial charge on any atom is -0.313 e. The molecule has 0 spiro atoms. The van der Waals surface area contributed by atoms with Crippen molar-refractivity contribution in [1.29, 1.82) is 0 Å². The second kappa shape index (κ2) is 8.77. The van der Waals surface area contributed by atoms with Crippen LogP contribution in [0, 0.1) is 48.5 Å². The smallest absolute Gasteiger partial charge is 0.223 e. The van der Waals surface area contributed by atoms with E-state index in [2.05, 4.69) is 0 Å². The quantitative estimate of drug-likeness (QED) is 0.361. The zero-order valence-electron chi connectivity index (χ0n) is 19.3. The lowest BCUT2D eigenvalue weighted by atomic mass is 9.89. The van der Waals surface area contributed by atoms with Crippen LogP contribution in [0.1, 0.15) is 65.2 Å². The van der Waals surface area contributed by atoms with Gasteiger partial charge in [0, 0.05) is 22.0 Å². The topological polar surface area (TPSA) is 51.2 Å². The summed E-state index contributed by atoms with van der Waals surface area (Å²) in [6, 6.07) is 13.1. The Morgan fingerprint density at radius 1 is 0.677 bits per heavy atom. The van der Waals surface area contributed by atoms with Crippen LogP contribution in [0.25, 0.3) is 0 Å². The third-order valence-corrected chi connectivity index (χ3v) is 8.09. The van der Waals surface area contributed by atoms with Gasteiger partial charge in [0.2, 0.25) is 5.52 Å². The lowest BCUT2D eigenvalue weighted by Gasteiger charge is -2.20. The third kappa shape index (κ3) is 4.07. The van der Waals surface area contributed by atoms with Gasteiger partial charge in [-0.05, 0) is 81.8 Å². The van der Waals surface area contributed by atoms with E-state index in [9.17, 15) is 14.2 Å². The molecular formula is C27H29O3P. The maximum absolute atomic E-state index is 13.6. The first-order chi connectivity index (χ1) is 14.6. The van der Waals surface area contributed by atoms with Crippen LogP contribution in [0.2, 0.25) is 0 Å². The second-order valence-electron chi connectivity index (χ2n) is 8.38. The molecule has 3 aromatic rings. The molecule has 0 saturated carbocycles. The van der Waals surface area contributed by atoms with Gasteiger partial charge in [-0.2, -0.15) is 0 Å². The van der Waals surface area contributed by atoms with Crippen molar-refractivity contribution in [3.8, 4) is 0 Å². The molecule has 0 aliphatic rings. The van der Waals surface area contributed by atoms with Crippen LogP contribution in [-0.2, 0) is 4.57 Å². The Bertz CT molecular complexity index is 1190. The minimum absolute atomic E-state index is 0.0513. The van der Waals surface area contributed by atoms with Crippen LogP contribution < -0.4 is 5.30 Å². The van der Waals surface area contributed by atoms with Gasteiger partial charge in [0.15, 0.2) is 13.6 Å². The number of hydrogen-bond acceptors (Lipinski definition) is 3. The molecule has 0 amide bonds. The van der Waals surface area contributed by atoms with E-state index >= 15 is 0 Å². The average molecular weight is 433 g/mol. The molecule has 0 radical (unpaired) electrons. The van der Waals surface area contributed by atoms with E-state index in [0.717, 1.165) is 38.9 Å². The van der Waals surface area contributed by atoms with Gasteiger partial charge < -0.3 is 4.57 Å². The fourth-order valence-corrected chi connectivity index (χ4v) is 6.40. The Morgan fingerprint density at radius 2 is 1.16 bits per heavy atom. The lowest BCUT2D eigenvalue weighted by molar-refractivity contribution is 0.103. The van der Waals surface area contributed by atoms with Crippen LogP contribution in [0.15, 0.2) is 42.5 Å². The molecule has 0 bridgehead atoms. The Balaban J connectivity index is 2.15. The number of rotatable bonds is 5. The number of aryl methyl sites for hydroxylation is 3. The molecule has 1 atom stereocenters. The molecule has 31 heavy (non-hydrogen) atoms. The highest BCUT2D eigenvalue weighted by molar-refractivity contribution is 7.71. The van der Waals surface area contributed by atoms with Crippen LogP contribution in [0.4, 0.5) is 0 Å². The summed E-state index contributed by atoms with van der Waals surface area (Å²) in [5.74, 6) is -0.0513. The monoisotopic (exact) mass is 432 g/mol. The van der Waals surface area contributed by atoms with E-state index in [-0.39, 0.29) is 11.3 Å². The van der Waals surface area contributed by atoms with Gasteiger partial charge in [-0.25, -0.2) is 0 Å². The predicted molar refractivity (Wildman–Crippen MR) is 129 cm³/mol. The SMILES string of the molecule is Cc1cc(C)c(C(=O)[PH](=O)c2c(C)c(C)c(C(=O)c3ccccc3)c(C)c2C)c(C)c1. The van der Waals surface area contributed by atoms with Crippen molar-refractivity contribution in [2.45, 2.75) is 48.5 Å². The maximum atomic E-state index is 13.6. The third-order valence-electron chi connectivity index (χ3n) is 6.23. The molecule has 3 nitrogen and oxygen atoms in total. The van der Waals surface area contributed by atoms with Crippen molar-refractivity contribution in [1.82, 2.24) is 0 Å². The molecule has 0 heterocycles. The molecule has 0 saturated heterocycles. The number of carbonyl (C=O) groups is 2. The van der Waals surface area contributed by atoms with E-state index in [0.29, 0.717) is 22.0 Å². The molecule has 0 aliphatic heterocycles. The lowest BCUT2D eigenvalue weighted by Crippen LogP contribution is -2.20. The fourth-order valence-electron chi connectivity index (χ4n) is 4.49. The van der Waals surface area contributed by atoms with Crippen molar-refractivity contribution >= 4 is 24.4 Å². The summed E-state index contributed by atoms with van der Waals surface area (Å²) in [5, 5.41) is 0.592. The van der Waals surface area contributed by atoms with Crippen LogP contribution >= 0.6 is 7.80 Å². The molecule has 0 aliphatic carbocycles. The first-order valence-corrected chi connectivity index (χ1v) is 11.8. The van der Waals surface area contributed by atoms with Gasteiger partial charge in [-0.15, -0.1) is 0 Å². The molecule has 0 aromatic heterocycles. The highest BCUT2D eigenvalue weighted by atomic mass is 31.1. The van der Waals surface area contributed by atoms with Crippen LogP contribution in [0.3, 0.4) is 0 Å². The molecule has 4 heteroatoms. The number of hydrogen-bond donors (Lipinski definition) is 0. The van der Waals surface area contributed by atoms with E-state index in [4.69, 9.17) is 0 Å². The van der Waals surface area contributed by atoms with E-state index in [1.54, 1.807) is 12.1 Å². The molecule has 1 unspecified atom stereocenters. The highest BCUT2D eigenvalue weighted by Gasteiger charge is 2.27. The standard InChI is InChI=1S/C27H29O3P/c1-15-13-16(2)23(17(3)14-15)27(29)31(30)26-20(6)18(4)24(19(5)21(26)7)25(28)22-11-9-8-10-12-22/h8-14,31H,1-7H3. The van der Waals surface area contributed by atoms with Gasteiger partial charge in [0.25, 0.3) is 0 Å². The fraction of sp³-hybridized carbons (Fsp3) is 0.259. The Morgan fingerprint density at radius 3 is 1.65 bits per heavy atom. The Kier molecular flexibility index (Phi) is 6.48. The highest BCUT2D eigenvalue weighted by Crippen LogP contribution is 2.36. The summed E-state index contributed by atoms with van der Waals surface area (Å²) in [4.78, 5) is 26.5. The summed E-state index contributed by atoms with van der Waals surface area (Å²) in [6.45, 7) is 13.3. The average Bonchev–Trinajstić information content (AvgIpc) is 2.72. The number of benzene rings is 3. The normalized spacial score (nSPS) is 12.0. The van der Waals surface area contributed by atoms with Crippen molar-refractivity contribution in [2.75, 3.05) is 0 Å². The van der Waals surface area contributed by atoms with Crippen LogP contribution in [-0.4, -0.2) is 11.3 Å². The van der Waals surface area contributed by atoms with Gasteiger partial charge in [0.05, 0.1) is 0 Å². The van der Waals surface area contributed by atoms with E-state index in [1.165, 1.54) is 0 Å². The van der Waals surface area contributed by atoms with Crippen molar-refractivity contribution in [3.63, 3.8) is 0 Å². The van der Waals surface area contributed by atoms with Gasteiger partial charge in [-0.3, -0.25) is 9.59 Å². The van der Waals surface area contributed by atoms with E-state index in [1.807, 2.05) is 78.8 Å². The summed E-state index contributed by atoms with van der Waals surface area (Å²) in [5.41, 5.74) is 7.37. The summed E-state index contributed by atoms with van der Waals surface area (Å²) in [7, 11) is -2.76. The summed E-state index contributed by atoms with van der Waals surface area (Å²) >= 11 is 0. The first kappa shape index (κ1) is 22.9. The number of carbonyl (C=O) groups excluding carboxylic acids is 2. The second-order valence-corrected chi connectivity index (χ2v) is 9.99. The zero-order chi connectivity index (χ0) is 23.0. The largest absolute Gasteiger partial charge is 0.313 e. The molecule has 3 aromatic carbocycles. The first-order valence-electron chi connectivity index (χ1n) is 10.4. The Hall–Kier alpha value is -2.77. The zero-order valence-corrected chi connectivity index (χ0v) is 20.3. The van der Waals surface area contributed by atoms with Crippen LogP contribution in [0.5, 0.6) is 0 Å². The molecule has 3 rings (SSSR count). The molecule has 160 valence electrons. The maximum Gasteiger partial charge on any atom is 0.223 e. The summed E-state index contributed by atoms with van der Waals surface area (Å²) < 4.78 is 13.6. The van der Waals surface area contributed by atoms with Crippen molar-refractivity contribution in [2.24, 2.45) is 0 Å². The molecule has 0 fully saturated rings. The minimum atomic E-state index is -2.76. The molecular weight excluding hydrogens is 403 g/mol. The van der Waals surface area contributed by atoms with E-state index < -0.39 is 7.80 Å². The molecule has 0 N–H and O–H groups in total. The van der Waals surface area contributed by atoms with Gasteiger partial charge in [-0.1, -0.05) is 48.0 Å². The number of ketones is 1. The summed E-state index contributed by atoms with van der Waals surface area (Å²) in [6.07, 6.45) is 0. The predicted octanol–water partition coefficient (Wildman–Crippen LogP) is 6.10. The van der Waals surface area contributed by atoms with Crippen molar-refractivity contribution < 1.29 is 14.2 Å². The Labute approximate surface area is 185 Å². The van der Waals surface area contributed by atoms with Gasteiger partial charge in [0.1, 0.15) is 0 Å².